The molecule has 1 aliphatic heterocycles. The molecule has 1 N–H and O–H groups in total. The van der Waals surface area contributed by atoms with Gasteiger partial charge in [-0.2, -0.15) is 0 Å². The third-order valence-corrected chi connectivity index (χ3v) is 4.27. The number of urea groups is 1. The van der Waals surface area contributed by atoms with Gasteiger partial charge in [0.1, 0.15) is 6.04 Å². The molecule has 126 valence electrons. The van der Waals surface area contributed by atoms with Gasteiger partial charge in [0.15, 0.2) is 0 Å². The third-order valence-electron chi connectivity index (χ3n) is 4.27. The van der Waals surface area contributed by atoms with Crippen LogP contribution in [-0.2, 0) is 4.79 Å². The van der Waals surface area contributed by atoms with Gasteiger partial charge in [-0.15, -0.1) is 0 Å². The standard InChI is InChI=1S/C18H27N3O2/c1-12-8-7-9-15(13(12)2)21-11-10-20(14(3)16(21)22)17(23)19-18(4,5)6/h7-9,14H,10-11H2,1-6H3,(H,19,23)/t14-/m0/s1. The molecular weight excluding hydrogens is 290 g/mol. The molecule has 2 rings (SSSR count). The van der Waals surface area contributed by atoms with Crippen LogP contribution in [0, 0.1) is 13.8 Å². The summed E-state index contributed by atoms with van der Waals surface area (Å²) < 4.78 is 0. The monoisotopic (exact) mass is 317 g/mol. The molecule has 0 saturated carbocycles. The second-order valence-electron chi connectivity index (χ2n) is 7.26. The summed E-state index contributed by atoms with van der Waals surface area (Å²) >= 11 is 0. The first kappa shape index (κ1) is 17.3. The highest BCUT2D eigenvalue weighted by Crippen LogP contribution is 2.26. The van der Waals surface area contributed by atoms with Crippen LogP contribution in [0.25, 0.3) is 0 Å². The van der Waals surface area contributed by atoms with Crippen molar-refractivity contribution in [2.24, 2.45) is 0 Å². The molecule has 1 atom stereocenters. The van der Waals surface area contributed by atoms with Crippen molar-refractivity contribution < 1.29 is 9.59 Å². The molecule has 1 saturated heterocycles. The first-order valence-electron chi connectivity index (χ1n) is 8.08. The summed E-state index contributed by atoms with van der Waals surface area (Å²) in [5.74, 6) is -0.0333. The summed E-state index contributed by atoms with van der Waals surface area (Å²) in [7, 11) is 0. The number of anilines is 1. The van der Waals surface area contributed by atoms with Gasteiger partial charge in [-0.05, 0) is 58.7 Å². The van der Waals surface area contributed by atoms with E-state index < -0.39 is 6.04 Å². The van der Waals surface area contributed by atoms with Crippen LogP contribution >= 0.6 is 0 Å². The van der Waals surface area contributed by atoms with Gasteiger partial charge in [0, 0.05) is 24.3 Å². The van der Waals surface area contributed by atoms with Crippen molar-refractivity contribution in [3.05, 3.63) is 29.3 Å². The molecule has 0 unspecified atom stereocenters. The Morgan fingerprint density at radius 2 is 1.87 bits per heavy atom. The van der Waals surface area contributed by atoms with Gasteiger partial charge in [0.2, 0.25) is 5.91 Å². The smallest absolute Gasteiger partial charge is 0.318 e. The lowest BCUT2D eigenvalue weighted by Gasteiger charge is -2.40. The molecule has 5 nitrogen and oxygen atoms in total. The zero-order valence-electron chi connectivity index (χ0n) is 14.9. The summed E-state index contributed by atoms with van der Waals surface area (Å²) in [4.78, 5) is 28.6. The normalized spacial score (nSPS) is 19.0. The first-order chi connectivity index (χ1) is 10.6. The number of piperazine rings is 1. The van der Waals surface area contributed by atoms with Crippen molar-refractivity contribution in [3.8, 4) is 0 Å². The topological polar surface area (TPSA) is 52.6 Å². The van der Waals surface area contributed by atoms with Gasteiger partial charge < -0.3 is 15.1 Å². The minimum absolute atomic E-state index is 0.0333. The Labute approximate surface area is 138 Å². The first-order valence-corrected chi connectivity index (χ1v) is 8.08. The van der Waals surface area contributed by atoms with E-state index in [1.54, 1.807) is 16.7 Å². The summed E-state index contributed by atoms with van der Waals surface area (Å²) in [5, 5.41) is 2.93. The highest BCUT2D eigenvalue weighted by atomic mass is 16.2. The molecule has 0 bridgehead atoms. The molecule has 5 heteroatoms. The van der Waals surface area contributed by atoms with Crippen LogP contribution in [0.3, 0.4) is 0 Å². The Morgan fingerprint density at radius 3 is 2.48 bits per heavy atom. The SMILES string of the molecule is Cc1cccc(N2CCN(C(=O)NC(C)(C)C)[C@@H](C)C2=O)c1C. The van der Waals surface area contributed by atoms with Crippen LogP contribution in [-0.4, -0.2) is 41.5 Å². The number of aryl methyl sites for hydroxylation is 1. The number of nitrogens with zero attached hydrogens (tertiary/aromatic N) is 2. The number of hydrogen-bond acceptors (Lipinski definition) is 2. The maximum absolute atomic E-state index is 12.8. The lowest BCUT2D eigenvalue weighted by atomic mass is 10.0. The molecule has 1 aromatic rings. The molecule has 3 amide bonds. The van der Waals surface area contributed by atoms with Crippen molar-refractivity contribution in [1.29, 1.82) is 0 Å². The van der Waals surface area contributed by atoms with E-state index in [1.807, 2.05) is 52.8 Å². The fourth-order valence-electron chi connectivity index (χ4n) is 2.81. The number of rotatable bonds is 1. The average Bonchev–Trinajstić information content (AvgIpc) is 2.43. The van der Waals surface area contributed by atoms with Gasteiger partial charge >= 0.3 is 6.03 Å². The van der Waals surface area contributed by atoms with Gasteiger partial charge in [0.25, 0.3) is 0 Å². The van der Waals surface area contributed by atoms with E-state index in [-0.39, 0.29) is 17.5 Å². The van der Waals surface area contributed by atoms with Crippen LogP contribution < -0.4 is 10.2 Å². The molecule has 1 aromatic carbocycles. The number of nitrogens with one attached hydrogen (secondary N) is 1. The molecule has 1 heterocycles. The van der Waals surface area contributed by atoms with E-state index >= 15 is 0 Å². The maximum atomic E-state index is 12.8. The predicted octanol–water partition coefficient (Wildman–Crippen LogP) is 2.85. The zero-order chi connectivity index (χ0) is 17.4. The van der Waals surface area contributed by atoms with Crippen LogP contribution in [0.1, 0.15) is 38.8 Å². The summed E-state index contributed by atoms with van der Waals surface area (Å²) in [6, 6.07) is 5.33. The van der Waals surface area contributed by atoms with Crippen LogP contribution in [0.5, 0.6) is 0 Å². The van der Waals surface area contributed by atoms with E-state index in [0.29, 0.717) is 13.1 Å². The molecule has 1 aliphatic rings. The van der Waals surface area contributed by atoms with Crippen LogP contribution in [0.4, 0.5) is 10.5 Å². The minimum Gasteiger partial charge on any atom is -0.333 e. The van der Waals surface area contributed by atoms with Crippen molar-refractivity contribution in [3.63, 3.8) is 0 Å². The second-order valence-corrected chi connectivity index (χ2v) is 7.26. The number of benzene rings is 1. The maximum Gasteiger partial charge on any atom is 0.318 e. The molecule has 0 aromatic heterocycles. The Bertz CT molecular complexity index is 619. The van der Waals surface area contributed by atoms with Gasteiger partial charge in [-0.25, -0.2) is 4.79 Å². The van der Waals surface area contributed by atoms with Crippen LogP contribution in [0.2, 0.25) is 0 Å². The van der Waals surface area contributed by atoms with E-state index in [4.69, 9.17) is 0 Å². The fourth-order valence-corrected chi connectivity index (χ4v) is 2.81. The summed E-state index contributed by atoms with van der Waals surface area (Å²) in [6.07, 6.45) is 0. The minimum atomic E-state index is -0.467. The highest BCUT2D eigenvalue weighted by molar-refractivity contribution is 6.00. The van der Waals surface area contributed by atoms with Crippen molar-refractivity contribution in [1.82, 2.24) is 10.2 Å². The van der Waals surface area contributed by atoms with E-state index in [0.717, 1.165) is 16.8 Å². The number of amides is 3. The third kappa shape index (κ3) is 3.66. The number of hydrogen-bond donors (Lipinski definition) is 1. The Hall–Kier alpha value is -2.04. The average molecular weight is 317 g/mol. The highest BCUT2D eigenvalue weighted by Gasteiger charge is 2.36. The van der Waals surface area contributed by atoms with E-state index in [1.165, 1.54) is 0 Å². The lowest BCUT2D eigenvalue weighted by molar-refractivity contribution is -0.124. The van der Waals surface area contributed by atoms with Gasteiger partial charge in [-0.3, -0.25) is 4.79 Å². The lowest BCUT2D eigenvalue weighted by Crippen LogP contribution is -2.61. The Balaban J connectivity index is 2.19. The molecule has 0 aliphatic carbocycles. The predicted molar refractivity (Wildman–Crippen MR) is 92.7 cm³/mol. The van der Waals surface area contributed by atoms with Gasteiger partial charge in [0.05, 0.1) is 0 Å². The van der Waals surface area contributed by atoms with Crippen molar-refractivity contribution >= 4 is 17.6 Å². The van der Waals surface area contributed by atoms with Crippen LogP contribution in [0.15, 0.2) is 18.2 Å². The quantitative estimate of drug-likeness (QED) is 0.866. The summed E-state index contributed by atoms with van der Waals surface area (Å²) in [5.41, 5.74) is 2.90. The Morgan fingerprint density at radius 1 is 1.22 bits per heavy atom. The van der Waals surface area contributed by atoms with Crippen molar-refractivity contribution in [2.45, 2.75) is 53.1 Å². The molecule has 23 heavy (non-hydrogen) atoms. The zero-order valence-corrected chi connectivity index (χ0v) is 14.9. The fraction of sp³-hybridized carbons (Fsp3) is 0.556. The van der Waals surface area contributed by atoms with Gasteiger partial charge in [-0.1, -0.05) is 12.1 Å². The summed E-state index contributed by atoms with van der Waals surface area (Å²) in [6.45, 7) is 12.7. The number of carbonyl (C=O) groups is 2. The second kappa shape index (κ2) is 6.22. The van der Waals surface area contributed by atoms with Crippen molar-refractivity contribution in [2.75, 3.05) is 18.0 Å². The number of carbonyl (C=O) groups excluding carboxylic acids is 2. The largest absolute Gasteiger partial charge is 0.333 e. The molecule has 1 fully saturated rings. The van der Waals surface area contributed by atoms with E-state index in [9.17, 15) is 9.59 Å². The Kier molecular flexibility index (Phi) is 4.68. The van der Waals surface area contributed by atoms with E-state index in [2.05, 4.69) is 5.32 Å². The molecular formula is C18H27N3O2. The molecule has 0 spiro atoms. The molecule has 0 radical (unpaired) electrons.